The average molecular weight is 195 g/mol. The maximum absolute atomic E-state index is 6.04. The van der Waals surface area contributed by atoms with E-state index in [1.165, 1.54) is 57.8 Å². The standard InChI is InChI=1S/C13H25N/c1-12-8-5-3-2-4-6-10-13(14)11-7-9-12/h8,13H,2-7,9-11,14H2,1H3. The van der Waals surface area contributed by atoms with E-state index in [4.69, 9.17) is 5.73 Å². The third-order valence-electron chi connectivity index (χ3n) is 3.17. The highest BCUT2D eigenvalue weighted by Crippen LogP contribution is 2.15. The topological polar surface area (TPSA) is 26.0 Å². The Bertz CT molecular complexity index is 172. The molecule has 0 saturated heterocycles. The zero-order valence-electron chi connectivity index (χ0n) is 9.60. The highest BCUT2D eigenvalue weighted by Gasteiger charge is 2.03. The Balaban J connectivity index is 2.32. The van der Waals surface area contributed by atoms with Crippen LogP contribution in [-0.2, 0) is 0 Å². The van der Waals surface area contributed by atoms with Gasteiger partial charge in [0.2, 0.25) is 0 Å². The van der Waals surface area contributed by atoms with Gasteiger partial charge >= 0.3 is 0 Å². The predicted molar refractivity (Wildman–Crippen MR) is 63.3 cm³/mol. The minimum absolute atomic E-state index is 0.460. The van der Waals surface area contributed by atoms with Gasteiger partial charge in [-0.25, -0.2) is 0 Å². The molecular weight excluding hydrogens is 170 g/mol. The van der Waals surface area contributed by atoms with E-state index >= 15 is 0 Å². The summed E-state index contributed by atoms with van der Waals surface area (Å²) in [5.74, 6) is 0. The third kappa shape index (κ3) is 5.43. The van der Waals surface area contributed by atoms with Crippen LogP contribution in [0.5, 0.6) is 0 Å². The Morgan fingerprint density at radius 2 is 1.79 bits per heavy atom. The highest BCUT2D eigenvalue weighted by molar-refractivity contribution is 4.97. The SMILES string of the molecule is CC1=CCCCCCCC(N)CCC1. The Morgan fingerprint density at radius 3 is 2.64 bits per heavy atom. The van der Waals surface area contributed by atoms with Gasteiger partial charge in [0.1, 0.15) is 0 Å². The van der Waals surface area contributed by atoms with Gasteiger partial charge in [-0.1, -0.05) is 30.9 Å². The van der Waals surface area contributed by atoms with Gasteiger partial charge in [0.25, 0.3) is 0 Å². The molecule has 0 aromatic carbocycles. The summed E-state index contributed by atoms with van der Waals surface area (Å²) in [5.41, 5.74) is 7.61. The largest absolute Gasteiger partial charge is 0.328 e. The van der Waals surface area contributed by atoms with Crippen molar-refractivity contribution in [2.45, 2.75) is 70.8 Å². The van der Waals surface area contributed by atoms with Crippen LogP contribution < -0.4 is 5.73 Å². The Kier molecular flexibility index (Phi) is 5.93. The number of hydrogen-bond donors (Lipinski definition) is 1. The molecule has 1 aliphatic carbocycles. The molecule has 0 aromatic heterocycles. The zero-order chi connectivity index (χ0) is 10.2. The summed E-state index contributed by atoms with van der Waals surface area (Å²) < 4.78 is 0. The van der Waals surface area contributed by atoms with Gasteiger partial charge in [0.15, 0.2) is 0 Å². The van der Waals surface area contributed by atoms with Crippen LogP contribution in [0.2, 0.25) is 0 Å². The lowest BCUT2D eigenvalue weighted by Gasteiger charge is -2.12. The van der Waals surface area contributed by atoms with Gasteiger partial charge in [-0.2, -0.15) is 0 Å². The molecule has 82 valence electrons. The molecule has 1 aliphatic rings. The molecule has 2 N–H and O–H groups in total. The molecule has 0 fully saturated rings. The second-order valence-electron chi connectivity index (χ2n) is 4.69. The van der Waals surface area contributed by atoms with E-state index in [0.717, 1.165) is 0 Å². The number of rotatable bonds is 0. The molecule has 0 amide bonds. The van der Waals surface area contributed by atoms with Gasteiger partial charge < -0.3 is 5.73 Å². The molecular formula is C13H25N. The Morgan fingerprint density at radius 1 is 1.07 bits per heavy atom. The van der Waals surface area contributed by atoms with Crippen molar-refractivity contribution in [1.82, 2.24) is 0 Å². The van der Waals surface area contributed by atoms with Crippen molar-refractivity contribution in [3.63, 3.8) is 0 Å². The first-order valence-corrected chi connectivity index (χ1v) is 6.20. The fraction of sp³-hybridized carbons (Fsp3) is 0.846. The third-order valence-corrected chi connectivity index (χ3v) is 3.17. The van der Waals surface area contributed by atoms with Crippen LogP contribution in [0.3, 0.4) is 0 Å². The summed E-state index contributed by atoms with van der Waals surface area (Å²) in [6, 6.07) is 0.460. The quantitative estimate of drug-likeness (QED) is 0.585. The molecule has 0 aromatic rings. The molecule has 0 aliphatic heterocycles. The molecule has 0 bridgehead atoms. The summed E-state index contributed by atoms with van der Waals surface area (Å²) in [4.78, 5) is 0. The van der Waals surface area contributed by atoms with Gasteiger partial charge in [0.05, 0.1) is 0 Å². The van der Waals surface area contributed by atoms with Gasteiger partial charge in [-0.15, -0.1) is 0 Å². The maximum Gasteiger partial charge on any atom is 0.00389 e. The van der Waals surface area contributed by atoms with Crippen LogP contribution in [0.15, 0.2) is 11.6 Å². The normalized spacial score (nSPS) is 27.3. The van der Waals surface area contributed by atoms with E-state index in [9.17, 15) is 0 Å². The lowest BCUT2D eigenvalue weighted by atomic mass is 9.98. The number of nitrogens with two attached hydrogens (primary N) is 1. The van der Waals surface area contributed by atoms with E-state index in [0.29, 0.717) is 6.04 Å². The summed E-state index contributed by atoms with van der Waals surface area (Å²) in [5, 5.41) is 0. The molecule has 1 rings (SSSR count). The van der Waals surface area contributed by atoms with E-state index in [2.05, 4.69) is 13.0 Å². The van der Waals surface area contributed by atoms with Crippen LogP contribution in [0.1, 0.15) is 64.7 Å². The molecule has 1 heteroatoms. The van der Waals surface area contributed by atoms with E-state index in [1.807, 2.05) is 0 Å². The zero-order valence-corrected chi connectivity index (χ0v) is 9.60. The number of hydrogen-bond acceptors (Lipinski definition) is 1. The molecule has 0 radical (unpaired) electrons. The lowest BCUT2D eigenvalue weighted by molar-refractivity contribution is 0.501. The van der Waals surface area contributed by atoms with Gasteiger partial charge in [-0.05, 0) is 45.4 Å². The van der Waals surface area contributed by atoms with E-state index < -0.39 is 0 Å². The number of allylic oxidation sites excluding steroid dienone is 2. The molecule has 14 heavy (non-hydrogen) atoms. The first kappa shape index (κ1) is 11.8. The van der Waals surface area contributed by atoms with Gasteiger partial charge in [0, 0.05) is 6.04 Å². The predicted octanol–water partition coefficient (Wildman–Crippen LogP) is 3.78. The van der Waals surface area contributed by atoms with Gasteiger partial charge in [-0.3, -0.25) is 0 Å². The minimum atomic E-state index is 0.460. The summed E-state index contributed by atoms with van der Waals surface area (Å²) >= 11 is 0. The van der Waals surface area contributed by atoms with Crippen molar-refractivity contribution >= 4 is 0 Å². The molecule has 0 heterocycles. The van der Waals surface area contributed by atoms with E-state index in [-0.39, 0.29) is 0 Å². The van der Waals surface area contributed by atoms with Crippen LogP contribution in [-0.4, -0.2) is 6.04 Å². The fourth-order valence-electron chi connectivity index (χ4n) is 2.14. The molecule has 0 saturated carbocycles. The second kappa shape index (κ2) is 7.05. The van der Waals surface area contributed by atoms with Crippen LogP contribution in [0, 0.1) is 0 Å². The van der Waals surface area contributed by atoms with Crippen molar-refractivity contribution < 1.29 is 0 Å². The van der Waals surface area contributed by atoms with E-state index in [1.54, 1.807) is 5.57 Å². The Hall–Kier alpha value is -0.300. The second-order valence-corrected chi connectivity index (χ2v) is 4.69. The monoisotopic (exact) mass is 195 g/mol. The van der Waals surface area contributed by atoms with Crippen molar-refractivity contribution in [3.8, 4) is 0 Å². The van der Waals surface area contributed by atoms with Crippen molar-refractivity contribution in [3.05, 3.63) is 11.6 Å². The fourth-order valence-corrected chi connectivity index (χ4v) is 2.14. The Labute approximate surface area is 88.8 Å². The highest BCUT2D eigenvalue weighted by atomic mass is 14.6. The first-order chi connectivity index (χ1) is 6.79. The van der Waals surface area contributed by atoms with Crippen molar-refractivity contribution in [2.24, 2.45) is 5.73 Å². The average Bonchev–Trinajstić information content (AvgIpc) is 2.14. The summed E-state index contributed by atoms with van der Waals surface area (Å²) in [6.45, 7) is 2.26. The molecule has 1 atom stereocenters. The van der Waals surface area contributed by atoms with Crippen LogP contribution in [0.25, 0.3) is 0 Å². The summed E-state index contributed by atoms with van der Waals surface area (Å²) in [7, 11) is 0. The van der Waals surface area contributed by atoms with Crippen LogP contribution >= 0.6 is 0 Å². The van der Waals surface area contributed by atoms with Crippen LogP contribution in [0.4, 0.5) is 0 Å². The van der Waals surface area contributed by atoms with Crippen molar-refractivity contribution in [2.75, 3.05) is 0 Å². The van der Waals surface area contributed by atoms with Crippen molar-refractivity contribution in [1.29, 1.82) is 0 Å². The lowest BCUT2D eigenvalue weighted by Crippen LogP contribution is -2.19. The molecule has 0 spiro atoms. The minimum Gasteiger partial charge on any atom is -0.328 e. The molecule has 1 unspecified atom stereocenters. The maximum atomic E-state index is 6.04. The smallest absolute Gasteiger partial charge is 0.00389 e. The molecule has 1 nitrogen and oxygen atoms in total. The first-order valence-electron chi connectivity index (χ1n) is 6.20. The summed E-state index contributed by atoms with van der Waals surface area (Å²) in [6.07, 6.45) is 14.2.